The first-order valence-corrected chi connectivity index (χ1v) is 13.1. The summed E-state index contributed by atoms with van der Waals surface area (Å²) in [7, 11) is -3.83. The minimum atomic E-state index is -3.83. The number of non-ortho nitro benzene ring substituents is 1. The van der Waals surface area contributed by atoms with Gasteiger partial charge in [-0.1, -0.05) is 48.5 Å². The number of benzene rings is 4. The summed E-state index contributed by atoms with van der Waals surface area (Å²) in [6.07, 6.45) is 1.57. The van der Waals surface area contributed by atoms with Gasteiger partial charge in [-0.3, -0.25) is 19.6 Å². The lowest BCUT2D eigenvalue weighted by molar-refractivity contribution is -0.384. The van der Waals surface area contributed by atoms with Crippen LogP contribution in [0.4, 0.5) is 17.1 Å². The maximum absolute atomic E-state index is 13.3. The van der Waals surface area contributed by atoms with Gasteiger partial charge in [-0.2, -0.15) is 0 Å². The maximum Gasteiger partial charge on any atom is 0.270 e. The van der Waals surface area contributed by atoms with E-state index in [0.717, 1.165) is 11.1 Å². The number of nitrogens with zero attached hydrogens (tertiary/aromatic N) is 1. The number of aryl methyl sites for hydroxylation is 2. The van der Waals surface area contributed by atoms with Gasteiger partial charge in [0.2, 0.25) is 0 Å². The fraction of sp³-hybridized carbons (Fsp3) is 0.0690. The van der Waals surface area contributed by atoms with Gasteiger partial charge in [0.15, 0.2) is 0 Å². The minimum Gasteiger partial charge on any atom is -0.322 e. The van der Waals surface area contributed by atoms with Crippen LogP contribution in [0.25, 0.3) is 11.6 Å². The molecule has 9 heteroatoms. The van der Waals surface area contributed by atoms with Crippen molar-refractivity contribution in [3.05, 3.63) is 129 Å². The summed E-state index contributed by atoms with van der Waals surface area (Å²) in [5.41, 5.74) is 4.20. The number of nitrogens with one attached hydrogen (secondary N) is 2. The highest BCUT2D eigenvalue weighted by Crippen LogP contribution is 2.24. The summed E-state index contributed by atoms with van der Waals surface area (Å²) in [5, 5.41) is 14.0. The molecule has 0 fully saturated rings. The highest BCUT2D eigenvalue weighted by atomic mass is 32.2. The molecular weight excluding hydrogens is 502 g/mol. The molecule has 0 aliphatic rings. The van der Waals surface area contributed by atoms with Crippen LogP contribution >= 0.6 is 0 Å². The molecule has 192 valence electrons. The van der Waals surface area contributed by atoms with E-state index in [1.165, 1.54) is 36.4 Å². The highest BCUT2D eigenvalue weighted by molar-refractivity contribution is 7.92. The molecular formula is C29H25N3O5S. The van der Waals surface area contributed by atoms with Gasteiger partial charge in [-0.25, -0.2) is 8.42 Å². The third-order valence-electron chi connectivity index (χ3n) is 5.90. The molecule has 38 heavy (non-hydrogen) atoms. The molecule has 0 saturated carbocycles. The lowest BCUT2D eigenvalue weighted by atomic mass is 10.0. The van der Waals surface area contributed by atoms with Crippen molar-refractivity contribution in [1.29, 1.82) is 0 Å². The van der Waals surface area contributed by atoms with Crippen LogP contribution in [0.1, 0.15) is 22.3 Å². The summed E-state index contributed by atoms with van der Waals surface area (Å²) >= 11 is 0. The Balaban J connectivity index is 1.57. The second-order valence-electron chi connectivity index (χ2n) is 8.66. The number of carbonyl (C=O) groups excluding carboxylic acids is 1. The van der Waals surface area contributed by atoms with E-state index >= 15 is 0 Å². The number of anilines is 2. The number of sulfonamides is 1. The fourth-order valence-corrected chi connectivity index (χ4v) is 4.78. The topological polar surface area (TPSA) is 118 Å². The van der Waals surface area contributed by atoms with Crippen molar-refractivity contribution in [3.8, 4) is 0 Å². The van der Waals surface area contributed by atoms with Gasteiger partial charge in [0.05, 0.1) is 9.82 Å². The van der Waals surface area contributed by atoms with Gasteiger partial charge < -0.3 is 5.32 Å². The second-order valence-corrected chi connectivity index (χ2v) is 10.3. The molecule has 4 aromatic carbocycles. The van der Waals surface area contributed by atoms with Crippen LogP contribution in [0.2, 0.25) is 0 Å². The average Bonchev–Trinajstić information content (AvgIpc) is 2.90. The maximum atomic E-state index is 13.3. The van der Waals surface area contributed by atoms with Crippen molar-refractivity contribution in [3.63, 3.8) is 0 Å². The summed E-state index contributed by atoms with van der Waals surface area (Å²) < 4.78 is 28.3. The lowest BCUT2D eigenvalue weighted by Crippen LogP contribution is -2.15. The normalized spacial score (nSPS) is 11.6. The first-order chi connectivity index (χ1) is 18.1. The Labute approximate surface area is 220 Å². The molecule has 0 unspecified atom stereocenters. The van der Waals surface area contributed by atoms with E-state index in [4.69, 9.17) is 0 Å². The van der Waals surface area contributed by atoms with Crippen LogP contribution in [-0.4, -0.2) is 19.2 Å². The van der Waals surface area contributed by atoms with Crippen LogP contribution in [0.5, 0.6) is 0 Å². The standard InChI is InChI=1S/C29H25N3O5S/c1-20-11-12-25(17-21(20)2)31-38(36,37)27-15-13-24(14-16-27)30-29(33)28(23-8-4-3-5-9-23)19-22-7-6-10-26(18-22)32(34)35/h3-19,31H,1-2H3,(H,30,33)/b28-19+. The molecule has 4 aromatic rings. The molecule has 0 radical (unpaired) electrons. The van der Waals surface area contributed by atoms with Crippen molar-refractivity contribution >= 4 is 44.6 Å². The first-order valence-electron chi connectivity index (χ1n) is 11.7. The molecule has 4 rings (SSSR count). The third-order valence-corrected chi connectivity index (χ3v) is 7.30. The van der Waals surface area contributed by atoms with Gasteiger partial charge in [-0.15, -0.1) is 0 Å². The first kappa shape index (κ1) is 26.3. The summed E-state index contributed by atoms with van der Waals surface area (Å²) in [6, 6.07) is 26.0. The van der Waals surface area contributed by atoms with Gasteiger partial charge in [-0.05, 0) is 78.6 Å². The number of amides is 1. The van der Waals surface area contributed by atoms with E-state index in [-0.39, 0.29) is 10.6 Å². The Morgan fingerprint density at radius 1 is 0.816 bits per heavy atom. The van der Waals surface area contributed by atoms with Gasteiger partial charge >= 0.3 is 0 Å². The number of nitro benzene ring substituents is 1. The zero-order valence-electron chi connectivity index (χ0n) is 20.7. The second kappa shape index (κ2) is 11.1. The molecule has 0 bridgehead atoms. The largest absolute Gasteiger partial charge is 0.322 e. The molecule has 1 amide bonds. The van der Waals surface area contributed by atoms with Crippen LogP contribution < -0.4 is 10.0 Å². The number of rotatable bonds is 8. The molecule has 0 heterocycles. The Bertz CT molecular complexity index is 1630. The van der Waals surface area contributed by atoms with Gasteiger partial charge in [0, 0.05) is 29.1 Å². The summed E-state index contributed by atoms with van der Waals surface area (Å²) in [5.74, 6) is -0.452. The predicted octanol–water partition coefficient (Wildman–Crippen LogP) is 6.19. The van der Waals surface area contributed by atoms with Crippen molar-refractivity contribution in [2.75, 3.05) is 10.0 Å². The van der Waals surface area contributed by atoms with E-state index in [0.29, 0.717) is 28.1 Å². The molecule has 0 aliphatic carbocycles. The van der Waals surface area contributed by atoms with E-state index in [9.17, 15) is 23.3 Å². The molecule has 2 N–H and O–H groups in total. The minimum absolute atomic E-state index is 0.0455. The van der Waals surface area contributed by atoms with E-state index < -0.39 is 20.9 Å². The number of carbonyl (C=O) groups is 1. The molecule has 0 aliphatic heterocycles. The zero-order chi connectivity index (χ0) is 27.3. The van der Waals surface area contributed by atoms with Crippen LogP contribution in [0.15, 0.2) is 102 Å². The fourth-order valence-electron chi connectivity index (χ4n) is 3.73. The SMILES string of the molecule is Cc1ccc(NS(=O)(=O)c2ccc(NC(=O)/C(=C/c3cccc([N+](=O)[O-])c3)c3ccccc3)cc2)cc1C. The van der Waals surface area contributed by atoms with Crippen molar-refractivity contribution in [1.82, 2.24) is 0 Å². The van der Waals surface area contributed by atoms with Crippen molar-refractivity contribution < 1.29 is 18.1 Å². The average molecular weight is 528 g/mol. The van der Waals surface area contributed by atoms with Crippen molar-refractivity contribution in [2.45, 2.75) is 18.7 Å². The number of nitro groups is 1. The zero-order valence-corrected chi connectivity index (χ0v) is 21.5. The van der Waals surface area contributed by atoms with Crippen LogP contribution in [0, 0.1) is 24.0 Å². The third kappa shape index (κ3) is 6.32. The summed E-state index contributed by atoms with van der Waals surface area (Å²) in [6.45, 7) is 3.85. The lowest BCUT2D eigenvalue weighted by Gasteiger charge is -2.12. The number of hydrogen-bond donors (Lipinski definition) is 2. The molecule has 0 aromatic heterocycles. The van der Waals surface area contributed by atoms with E-state index in [1.807, 2.05) is 26.0 Å². The summed E-state index contributed by atoms with van der Waals surface area (Å²) in [4.78, 5) is 24.0. The van der Waals surface area contributed by atoms with Crippen LogP contribution in [-0.2, 0) is 14.8 Å². The Hall–Kier alpha value is -4.76. The van der Waals surface area contributed by atoms with Gasteiger partial charge in [0.25, 0.3) is 21.6 Å². The van der Waals surface area contributed by atoms with Gasteiger partial charge in [0.1, 0.15) is 0 Å². The quantitative estimate of drug-likeness (QED) is 0.123. The Kier molecular flexibility index (Phi) is 7.68. The van der Waals surface area contributed by atoms with Crippen molar-refractivity contribution in [2.24, 2.45) is 0 Å². The Morgan fingerprint density at radius 2 is 1.50 bits per heavy atom. The smallest absolute Gasteiger partial charge is 0.270 e. The Morgan fingerprint density at radius 3 is 2.16 bits per heavy atom. The van der Waals surface area contributed by atoms with Crippen LogP contribution in [0.3, 0.4) is 0 Å². The predicted molar refractivity (Wildman–Crippen MR) is 149 cm³/mol. The monoisotopic (exact) mass is 527 g/mol. The highest BCUT2D eigenvalue weighted by Gasteiger charge is 2.17. The molecule has 8 nitrogen and oxygen atoms in total. The van der Waals surface area contributed by atoms with E-state index in [1.54, 1.807) is 54.6 Å². The molecule has 0 saturated heterocycles. The number of hydrogen-bond acceptors (Lipinski definition) is 5. The molecule has 0 spiro atoms. The molecule has 0 atom stereocenters. The van der Waals surface area contributed by atoms with E-state index in [2.05, 4.69) is 10.0 Å².